The van der Waals surface area contributed by atoms with Gasteiger partial charge in [0.05, 0.1) is 6.61 Å². The zero-order chi connectivity index (χ0) is 25.0. The lowest BCUT2D eigenvalue weighted by atomic mass is 9.81. The number of rotatable bonds is 8. The highest BCUT2D eigenvalue weighted by molar-refractivity contribution is 5.82. The molecule has 0 fully saturated rings. The number of benzene rings is 3. The number of ketones is 1. The van der Waals surface area contributed by atoms with Crippen LogP contribution in [-0.4, -0.2) is 30.7 Å². The number of hydrogen-bond acceptors (Lipinski definition) is 4. The maximum atomic E-state index is 14.6. The number of Topliss-reactive ketones (excluding diaryl/α,β-unsaturated/α-hetero) is 1. The van der Waals surface area contributed by atoms with E-state index >= 15 is 0 Å². The molecule has 0 aromatic heterocycles. The number of aliphatic hydroxyl groups excluding tert-OH is 1. The Labute approximate surface area is 206 Å². The molecular weight excluding hydrogens is 443 g/mol. The minimum absolute atomic E-state index is 0.0457. The fourth-order valence-corrected chi connectivity index (χ4v) is 4.20. The van der Waals surface area contributed by atoms with Gasteiger partial charge in [0, 0.05) is 11.0 Å². The van der Waals surface area contributed by atoms with Crippen molar-refractivity contribution in [3.8, 4) is 22.6 Å². The maximum absolute atomic E-state index is 14.6. The molecule has 0 spiro atoms. The first-order valence-corrected chi connectivity index (χ1v) is 11.9. The first kappa shape index (κ1) is 24.7. The van der Waals surface area contributed by atoms with Crippen molar-refractivity contribution < 1.29 is 23.8 Å². The topological polar surface area (TPSA) is 55.8 Å². The molecule has 5 heteroatoms. The molecule has 1 N–H and O–H groups in total. The number of fused-ring (bicyclic) bond motifs is 1. The summed E-state index contributed by atoms with van der Waals surface area (Å²) >= 11 is 0. The summed E-state index contributed by atoms with van der Waals surface area (Å²) in [4.78, 5) is 11.9. The molecule has 0 saturated carbocycles. The lowest BCUT2D eigenvalue weighted by Gasteiger charge is -2.23. The smallest absolute Gasteiger partial charge is 0.161 e. The summed E-state index contributed by atoms with van der Waals surface area (Å²) in [5.74, 6) is 1.15. The molecule has 4 rings (SSSR count). The Hall–Kier alpha value is -3.44. The average Bonchev–Trinajstić information content (AvgIpc) is 2.87. The van der Waals surface area contributed by atoms with Crippen molar-refractivity contribution in [1.29, 1.82) is 0 Å². The quantitative estimate of drug-likeness (QED) is 0.391. The van der Waals surface area contributed by atoms with Gasteiger partial charge in [-0.2, -0.15) is 0 Å². The van der Waals surface area contributed by atoms with E-state index in [9.17, 15) is 14.3 Å². The first-order valence-electron chi connectivity index (χ1n) is 11.9. The highest BCUT2D eigenvalue weighted by Gasteiger charge is 2.28. The van der Waals surface area contributed by atoms with E-state index in [0.717, 1.165) is 39.3 Å². The fourth-order valence-electron chi connectivity index (χ4n) is 4.20. The number of hydrogen-bond donors (Lipinski definition) is 1. The van der Waals surface area contributed by atoms with Crippen molar-refractivity contribution in [2.75, 3.05) is 19.8 Å². The molecule has 1 unspecified atom stereocenters. The van der Waals surface area contributed by atoms with Crippen LogP contribution in [0.25, 0.3) is 23.3 Å². The molecule has 0 aliphatic carbocycles. The normalized spacial score (nSPS) is 14.7. The van der Waals surface area contributed by atoms with Gasteiger partial charge in [0.25, 0.3) is 0 Å². The second-order valence-electron chi connectivity index (χ2n) is 9.34. The zero-order valence-corrected chi connectivity index (χ0v) is 20.4. The molecule has 0 radical (unpaired) electrons. The van der Waals surface area contributed by atoms with Gasteiger partial charge < -0.3 is 14.6 Å². The van der Waals surface area contributed by atoms with E-state index in [4.69, 9.17) is 9.47 Å². The van der Waals surface area contributed by atoms with Crippen molar-refractivity contribution in [2.45, 2.75) is 33.6 Å². The van der Waals surface area contributed by atoms with Gasteiger partial charge in [-0.05, 0) is 78.8 Å². The number of halogens is 1. The molecule has 0 amide bonds. The van der Waals surface area contributed by atoms with Gasteiger partial charge in [-0.1, -0.05) is 49.4 Å². The largest absolute Gasteiger partial charge is 0.486 e. The maximum Gasteiger partial charge on any atom is 0.161 e. The van der Waals surface area contributed by atoms with Crippen LogP contribution >= 0.6 is 0 Å². The number of carbonyl (C=O) groups is 1. The Morgan fingerprint density at radius 3 is 2.51 bits per heavy atom. The second kappa shape index (κ2) is 10.4. The molecule has 1 aliphatic heterocycles. The Bertz CT molecular complexity index is 1260. The van der Waals surface area contributed by atoms with Crippen molar-refractivity contribution in [2.24, 2.45) is 5.41 Å². The van der Waals surface area contributed by atoms with Crippen LogP contribution in [0.2, 0.25) is 0 Å². The highest BCUT2D eigenvalue weighted by atomic mass is 19.1. The second-order valence-corrected chi connectivity index (χ2v) is 9.34. The van der Waals surface area contributed by atoms with E-state index in [1.54, 1.807) is 19.1 Å². The van der Waals surface area contributed by atoms with Gasteiger partial charge in [-0.25, -0.2) is 4.39 Å². The van der Waals surface area contributed by atoms with E-state index in [0.29, 0.717) is 31.6 Å². The standard InChI is InChI=1S/C30H31FO4/c1-20-23(5-4-6-26(20)24-10-12-28-29(18-24)35-16-15-34-28)8-9-25-17-22(7-11-27(25)31)13-14-30(3,19-32)21(2)33/h4-12,17-18,32H,13-16,19H2,1-3H3/b9-8+. The molecule has 0 saturated heterocycles. The predicted octanol–water partition coefficient (Wildman–Crippen LogP) is 6.26. The summed E-state index contributed by atoms with van der Waals surface area (Å²) in [5, 5.41) is 9.63. The number of carbonyl (C=O) groups excluding carboxylic acids is 1. The van der Waals surface area contributed by atoms with E-state index in [1.165, 1.54) is 13.0 Å². The third-order valence-electron chi connectivity index (χ3n) is 6.90. The molecule has 0 bridgehead atoms. The summed E-state index contributed by atoms with van der Waals surface area (Å²) < 4.78 is 25.9. The van der Waals surface area contributed by atoms with Crippen LogP contribution in [0.5, 0.6) is 11.5 Å². The monoisotopic (exact) mass is 474 g/mol. The van der Waals surface area contributed by atoms with Crippen LogP contribution in [0.15, 0.2) is 54.6 Å². The minimum atomic E-state index is -0.782. The van der Waals surface area contributed by atoms with Gasteiger partial charge in [0.2, 0.25) is 0 Å². The van der Waals surface area contributed by atoms with Crippen LogP contribution in [0.3, 0.4) is 0 Å². The fraction of sp³-hybridized carbons (Fsp3) is 0.300. The molecule has 1 aliphatic rings. The molecule has 4 nitrogen and oxygen atoms in total. The SMILES string of the molecule is CC(=O)C(C)(CO)CCc1ccc(F)c(/C=C/c2cccc(-c3ccc4c(c3)OCCO4)c2C)c1. The molecule has 3 aromatic rings. The van der Waals surface area contributed by atoms with Crippen LogP contribution in [-0.2, 0) is 11.2 Å². The van der Waals surface area contributed by atoms with E-state index < -0.39 is 5.41 Å². The Morgan fingerprint density at radius 1 is 1.03 bits per heavy atom. The molecule has 35 heavy (non-hydrogen) atoms. The lowest BCUT2D eigenvalue weighted by Crippen LogP contribution is -2.30. The van der Waals surface area contributed by atoms with Crippen LogP contribution < -0.4 is 9.47 Å². The van der Waals surface area contributed by atoms with Crippen molar-refractivity contribution in [3.63, 3.8) is 0 Å². The Kier molecular flexibility index (Phi) is 7.37. The summed E-state index contributed by atoms with van der Waals surface area (Å²) in [5.41, 5.74) is 4.81. The van der Waals surface area contributed by atoms with Crippen molar-refractivity contribution in [3.05, 3.63) is 82.7 Å². The zero-order valence-electron chi connectivity index (χ0n) is 20.4. The molecular formula is C30H31FO4. The Balaban J connectivity index is 1.56. The van der Waals surface area contributed by atoms with Gasteiger partial charge in [-0.15, -0.1) is 0 Å². The van der Waals surface area contributed by atoms with E-state index in [-0.39, 0.29) is 18.2 Å². The summed E-state index contributed by atoms with van der Waals surface area (Å²) in [7, 11) is 0. The van der Waals surface area contributed by atoms with Crippen LogP contribution in [0.4, 0.5) is 4.39 Å². The van der Waals surface area contributed by atoms with Gasteiger partial charge in [-0.3, -0.25) is 4.79 Å². The van der Waals surface area contributed by atoms with Crippen LogP contribution in [0.1, 0.15) is 42.5 Å². The third kappa shape index (κ3) is 5.46. The first-order chi connectivity index (χ1) is 16.8. The molecule has 1 heterocycles. The minimum Gasteiger partial charge on any atom is -0.486 e. The lowest BCUT2D eigenvalue weighted by molar-refractivity contribution is -0.128. The third-order valence-corrected chi connectivity index (χ3v) is 6.90. The summed E-state index contributed by atoms with van der Waals surface area (Å²) in [6.07, 6.45) is 4.79. The van der Waals surface area contributed by atoms with E-state index in [2.05, 4.69) is 13.0 Å². The predicted molar refractivity (Wildman–Crippen MR) is 137 cm³/mol. The molecule has 3 aromatic carbocycles. The number of aliphatic hydroxyl groups is 1. The Morgan fingerprint density at radius 2 is 1.77 bits per heavy atom. The van der Waals surface area contributed by atoms with Gasteiger partial charge in [0.1, 0.15) is 24.8 Å². The van der Waals surface area contributed by atoms with Gasteiger partial charge in [0.15, 0.2) is 11.5 Å². The van der Waals surface area contributed by atoms with Crippen molar-refractivity contribution >= 4 is 17.9 Å². The summed E-state index contributed by atoms with van der Waals surface area (Å²) in [6.45, 7) is 6.21. The average molecular weight is 475 g/mol. The number of ether oxygens (including phenoxy) is 2. The number of aryl methyl sites for hydroxylation is 1. The van der Waals surface area contributed by atoms with Gasteiger partial charge >= 0.3 is 0 Å². The molecule has 1 atom stereocenters. The highest BCUT2D eigenvalue weighted by Crippen LogP contribution is 2.36. The summed E-state index contributed by atoms with van der Waals surface area (Å²) in [6, 6.07) is 17.0. The molecule has 182 valence electrons. The van der Waals surface area contributed by atoms with Crippen molar-refractivity contribution in [1.82, 2.24) is 0 Å². The van der Waals surface area contributed by atoms with Crippen LogP contribution in [0, 0.1) is 18.2 Å². The van der Waals surface area contributed by atoms with E-state index in [1.807, 2.05) is 42.5 Å².